The number of ether oxygens (including phenoxy) is 1. The zero-order chi connectivity index (χ0) is 45.0. The number of H-pyrrole nitrogens is 2. The Balaban J connectivity index is 0.990. The predicted molar refractivity (Wildman–Crippen MR) is 245 cm³/mol. The molecule has 6 heterocycles. The number of urea groups is 1. The number of benzene rings is 2. The minimum atomic E-state index is -1.01. The Kier molecular flexibility index (Phi) is 13.2. The molecule has 5 aromatic rings. The van der Waals surface area contributed by atoms with Crippen LogP contribution in [0.3, 0.4) is 0 Å². The largest absolute Gasteiger partial charge is 0.444 e. The molecule has 16 nitrogen and oxygen atoms in total. The number of rotatable bonds is 10. The number of aromatic amines is 2. The Labute approximate surface area is 373 Å². The van der Waals surface area contributed by atoms with Gasteiger partial charge in [-0.1, -0.05) is 24.3 Å². The highest BCUT2D eigenvalue weighted by molar-refractivity contribution is 5.92. The van der Waals surface area contributed by atoms with Crippen molar-refractivity contribution in [2.45, 2.75) is 89.8 Å². The van der Waals surface area contributed by atoms with E-state index in [2.05, 4.69) is 35.7 Å². The van der Waals surface area contributed by atoms with E-state index in [0.717, 1.165) is 38.6 Å². The number of anilines is 1. The first kappa shape index (κ1) is 44.2. The average molecular weight is 873 g/mol. The summed E-state index contributed by atoms with van der Waals surface area (Å²) in [6, 6.07) is 15.3. The maximum Gasteiger partial charge on any atom is 0.410 e. The normalized spacial score (nSPS) is 17.6. The van der Waals surface area contributed by atoms with Gasteiger partial charge in [-0.05, 0) is 118 Å². The maximum atomic E-state index is 14.7. The van der Waals surface area contributed by atoms with Crippen molar-refractivity contribution >= 4 is 51.4 Å². The van der Waals surface area contributed by atoms with Gasteiger partial charge in [0.2, 0.25) is 11.8 Å². The predicted octanol–water partition coefficient (Wildman–Crippen LogP) is 5.48. The molecule has 3 aliphatic heterocycles. The Hall–Kier alpha value is -6.45. The van der Waals surface area contributed by atoms with Crippen LogP contribution in [0.1, 0.15) is 75.5 Å². The molecule has 3 aliphatic rings. The van der Waals surface area contributed by atoms with Gasteiger partial charge in [-0.25, -0.2) is 9.59 Å². The smallest absolute Gasteiger partial charge is 0.410 e. The molecule has 0 radical (unpaired) electrons. The molecular formula is C48H60N10O6. The van der Waals surface area contributed by atoms with Crippen molar-refractivity contribution < 1.29 is 23.9 Å². The third kappa shape index (κ3) is 10.5. The number of fused-ring (bicyclic) bond motifs is 2. The Morgan fingerprint density at radius 3 is 2.23 bits per heavy atom. The number of carbonyl (C=O) groups is 4. The number of amides is 5. The van der Waals surface area contributed by atoms with Gasteiger partial charge in [-0.15, -0.1) is 0 Å². The van der Waals surface area contributed by atoms with Gasteiger partial charge in [0.1, 0.15) is 17.7 Å². The highest BCUT2D eigenvalue weighted by Gasteiger charge is 2.36. The summed E-state index contributed by atoms with van der Waals surface area (Å²) in [4.78, 5) is 84.1. The minimum absolute atomic E-state index is 0.0181. The van der Waals surface area contributed by atoms with Gasteiger partial charge in [0.05, 0.1) is 11.7 Å². The lowest BCUT2D eigenvalue weighted by Gasteiger charge is -2.39. The minimum Gasteiger partial charge on any atom is -0.444 e. The first-order valence-electron chi connectivity index (χ1n) is 22.6. The molecule has 8 rings (SSSR count). The summed E-state index contributed by atoms with van der Waals surface area (Å²) in [6.07, 6.45) is 7.97. The lowest BCUT2D eigenvalue weighted by molar-refractivity contribution is -0.137. The van der Waals surface area contributed by atoms with Crippen LogP contribution < -0.4 is 21.1 Å². The first-order chi connectivity index (χ1) is 30.8. The summed E-state index contributed by atoms with van der Waals surface area (Å²) < 4.78 is 5.63. The van der Waals surface area contributed by atoms with E-state index in [-0.39, 0.29) is 41.8 Å². The summed E-state index contributed by atoms with van der Waals surface area (Å²) in [7, 11) is 0. The molecule has 16 heteroatoms. The topological polar surface area (TPSA) is 189 Å². The molecular weight excluding hydrogens is 813 g/mol. The zero-order valence-electron chi connectivity index (χ0n) is 37.3. The molecule has 0 spiro atoms. The van der Waals surface area contributed by atoms with Crippen LogP contribution in [-0.2, 0) is 20.7 Å². The molecule has 2 aromatic carbocycles. The number of nitrogens with one attached hydrogen (secondary N) is 4. The van der Waals surface area contributed by atoms with Crippen LogP contribution in [0.4, 0.5) is 15.3 Å². The zero-order valence-corrected chi connectivity index (χ0v) is 37.3. The number of likely N-dealkylation sites (tertiary alicyclic amines) is 2. The fourth-order valence-corrected chi connectivity index (χ4v) is 9.44. The van der Waals surface area contributed by atoms with Gasteiger partial charge in [0.15, 0.2) is 0 Å². The summed E-state index contributed by atoms with van der Waals surface area (Å²) in [5.41, 5.74) is 4.51. The van der Waals surface area contributed by atoms with Crippen molar-refractivity contribution in [3.05, 3.63) is 100 Å². The van der Waals surface area contributed by atoms with Crippen LogP contribution in [-0.4, -0.2) is 129 Å². The molecule has 2 atom stereocenters. The third-order valence-corrected chi connectivity index (χ3v) is 12.9. The summed E-state index contributed by atoms with van der Waals surface area (Å²) in [5.74, 6) is -0.573. The molecule has 64 heavy (non-hydrogen) atoms. The second-order valence-corrected chi connectivity index (χ2v) is 18.6. The van der Waals surface area contributed by atoms with Gasteiger partial charge < -0.3 is 40.0 Å². The van der Waals surface area contributed by atoms with Crippen molar-refractivity contribution in [2.75, 3.05) is 57.3 Å². The number of nitrogens with zero attached hydrogens (tertiary/aromatic N) is 6. The molecule has 4 N–H and O–H groups in total. The van der Waals surface area contributed by atoms with Gasteiger partial charge >= 0.3 is 12.1 Å². The lowest BCUT2D eigenvalue weighted by atomic mass is 9.89. The summed E-state index contributed by atoms with van der Waals surface area (Å²) in [5, 5.41) is 15.3. The van der Waals surface area contributed by atoms with Crippen molar-refractivity contribution in [3.63, 3.8) is 0 Å². The average Bonchev–Trinajstić information content (AvgIpc) is 3.78. The fourth-order valence-electron chi connectivity index (χ4n) is 9.44. The monoisotopic (exact) mass is 872 g/mol. The Bertz CT molecular complexity index is 2510. The second-order valence-electron chi connectivity index (χ2n) is 18.6. The first-order valence-corrected chi connectivity index (χ1v) is 22.6. The summed E-state index contributed by atoms with van der Waals surface area (Å²) in [6.45, 7) is 11.5. The number of aryl methyl sites for hydroxylation is 1. The highest BCUT2D eigenvalue weighted by Crippen LogP contribution is 2.29. The van der Waals surface area contributed by atoms with Gasteiger partial charge in [0.25, 0.3) is 5.56 Å². The van der Waals surface area contributed by atoms with Crippen molar-refractivity contribution in [1.82, 2.24) is 45.5 Å². The fraction of sp³-hybridized carbons (Fsp3) is 0.479. The van der Waals surface area contributed by atoms with Crippen molar-refractivity contribution in [2.24, 2.45) is 5.92 Å². The van der Waals surface area contributed by atoms with Crippen LogP contribution >= 0.6 is 0 Å². The van der Waals surface area contributed by atoms with Crippen LogP contribution in [0.25, 0.3) is 21.8 Å². The number of piperidine rings is 2. The number of hydrogen-bond acceptors (Lipinski definition) is 9. The molecule has 0 aliphatic carbocycles. The van der Waals surface area contributed by atoms with E-state index < -0.39 is 23.6 Å². The van der Waals surface area contributed by atoms with Crippen molar-refractivity contribution in [1.29, 1.82) is 0 Å². The Morgan fingerprint density at radius 2 is 1.52 bits per heavy atom. The number of hydrogen-bond donors (Lipinski definition) is 4. The number of pyridine rings is 2. The molecule has 3 aromatic heterocycles. The van der Waals surface area contributed by atoms with Crippen LogP contribution in [0, 0.1) is 12.8 Å². The van der Waals surface area contributed by atoms with Gasteiger partial charge in [0, 0.05) is 93.3 Å². The highest BCUT2D eigenvalue weighted by atomic mass is 16.6. The van der Waals surface area contributed by atoms with E-state index in [1.165, 1.54) is 0 Å². The number of carbonyl (C=O) groups excluding carboxylic acids is 4. The molecule has 338 valence electrons. The van der Waals surface area contributed by atoms with Crippen LogP contribution in [0.2, 0.25) is 0 Å². The molecule has 0 bridgehead atoms. The molecule has 0 unspecified atom stereocenters. The van der Waals surface area contributed by atoms with E-state index in [1.807, 2.05) is 87.2 Å². The quantitative estimate of drug-likeness (QED) is 0.141. The lowest BCUT2D eigenvalue weighted by Crippen LogP contribution is -2.59. The van der Waals surface area contributed by atoms with Gasteiger partial charge in [-0.2, -0.15) is 5.10 Å². The van der Waals surface area contributed by atoms with Crippen LogP contribution in [0.5, 0.6) is 0 Å². The maximum absolute atomic E-state index is 14.7. The molecule has 5 amide bonds. The number of aromatic nitrogens is 4. The standard InChI is InChI=1S/C48H60N10O6/c1-31-25-33(26-36-30-50-54-42(31)36)28-40(53-46(62)57-19-13-34(14-20-57)38-29-35-7-5-6-8-39(35)51-43(38)59)44(60)52-41(27-32-11-17-58(18-12-32)47(63)64-48(2,3)4)45(61)56-23-21-55(22-24-56)37-9-15-49-16-10-37/h5-10,15-16,25-26,29-30,32,34,40-41H,11-14,17-24,27-28H2,1-4H3,(H,50,54)(H,51,59)(H,52,60)(H,53,62)/t40-,41+/m0/s1. The van der Waals surface area contributed by atoms with Gasteiger partial charge in [-0.3, -0.25) is 24.5 Å². The van der Waals surface area contributed by atoms with E-state index >= 15 is 0 Å². The number of piperazine rings is 1. The second kappa shape index (κ2) is 19.1. The SMILES string of the molecule is Cc1cc(C[C@H](NC(=O)N2CCC(c3cc4ccccc4[nH]c3=O)CC2)C(=O)N[C@H](CC2CCN(C(=O)OC(C)(C)C)CC2)C(=O)N2CCN(c3ccncc3)CC2)cc2cn[nH]c12. The molecule has 0 saturated carbocycles. The Morgan fingerprint density at radius 1 is 0.812 bits per heavy atom. The van der Waals surface area contributed by atoms with Crippen molar-refractivity contribution in [3.8, 4) is 0 Å². The van der Waals surface area contributed by atoms with E-state index in [1.54, 1.807) is 28.4 Å². The molecule has 3 fully saturated rings. The third-order valence-electron chi connectivity index (χ3n) is 12.9. The summed E-state index contributed by atoms with van der Waals surface area (Å²) >= 11 is 0. The van der Waals surface area contributed by atoms with E-state index in [4.69, 9.17) is 4.74 Å². The van der Waals surface area contributed by atoms with Crippen LogP contribution in [0.15, 0.2) is 78.0 Å². The molecule has 3 saturated heterocycles. The van der Waals surface area contributed by atoms with E-state index in [9.17, 15) is 24.0 Å². The number of para-hydroxylation sites is 1. The van der Waals surface area contributed by atoms with E-state index in [0.29, 0.717) is 90.0 Å².